The second-order valence-electron chi connectivity index (χ2n) is 5.80. The first-order chi connectivity index (χ1) is 11.5. The van der Waals surface area contributed by atoms with Crippen molar-refractivity contribution in [1.29, 1.82) is 0 Å². The Balaban J connectivity index is 1.72. The lowest BCUT2D eigenvalue weighted by Gasteiger charge is -2.38. The van der Waals surface area contributed by atoms with Gasteiger partial charge in [0.2, 0.25) is 0 Å². The summed E-state index contributed by atoms with van der Waals surface area (Å²) in [6.07, 6.45) is 0. The topological polar surface area (TPSA) is 43.8 Å². The molecule has 1 fully saturated rings. The molecule has 3 rings (SSSR count). The summed E-state index contributed by atoms with van der Waals surface area (Å²) in [6.45, 7) is 2.32. The maximum Gasteiger partial charge on any atom is 0.325 e. The minimum atomic E-state index is -0.990. The molecule has 1 heterocycles. The monoisotopic (exact) mass is 332 g/mol. The average molecular weight is 332 g/mol. The number of anilines is 1. The van der Waals surface area contributed by atoms with Gasteiger partial charge in [0.25, 0.3) is 0 Å². The standard InChI is InChI=1S/C18H18F2N2O2/c19-14-4-6-16(7-5-14)21-8-10-22(11-9-21)17(18(23)24)13-2-1-3-15(20)12-13/h1-7,12,17H,8-11H2,(H,23,24)/t17-/m0/s1. The van der Waals surface area contributed by atoms with E-state index < -0.39 is 17.8 Å². The highest BCUT2D eigenvalue weighted by Gasteiger charge is 2.30. The number of piperazine rings is 1. The number of hydrogen-bond donors (Lipinski definition) is 1. The first-order valence-corrected chi connectivity index (χ1v) is 7.77. The van der Waals surface area contributed by atoms with Crippen molar-refractivity contribution in [2.24, 2.45) is 0 Å². The van der Waals surface area contributed by atoms with Crippen molar-refractivity contribution in [1.82, 2.24) is 4.90 Å². The molecular weight excluding hydrogens is 314 g/mol. The first kappa shape index (κ1) is 16.4. The van der Waals surface area contributed by atoms with Gasteiger partial charge in [-0.3, -0.25) is 9.69 Å². The van der Waals surface area contributed by atoms with Crippen LogP contribution < -0.4 is 4.90 Å². The van der Waals surface area contributed by atoms with Crippen molar-refractivity contribution in [2.45, 2.75) is 6.04 Å². The van der Waals surface area contributed by atoms with Crippen molar-refractivity contribution in [2.75, 3.05) is 31.1 Å². The Kier molecular flexibility index (Phi) is 4.76. The molecule has 1 aliphatic rings. The molecule has 2 aromatic carbocycles. The highest BCUT2D eigenvalue weighted by Crippen LogP contribution is 2.25. The van der Waals surface area contributed by atoms with Gasteiger partial charge in [0, 0.05) is 31.9 Å². The van der Waals surface area contributed by atoms with Crippen LogP contribution in [0, 0.1) is 11.6 Å². The number of nitrogens with zero attached hydrogens (tertiary/aromatic N) is 2. The minimum Gasteiger partial charge on any atom is -0.480 e. The average Bonchev–Trinajstić information content (AvgIpc) is 2.56. The van der Waals surface area contributed by atoms with E-state index in [1.807, 2.05) is 4.90 Å². The molecular formula is C18H18F2N2O2. The summed E-state index contributed by atoms with van der Waals surface area (Å²) in [5.41, 5.74) is 1.35. The number of halogens is 2. The van der Waals surface area contributed by atoms with Gasteiger partial charge in [-0.15, -0.1) is 0 Å². The number of aliphatic carboxylic acids is 1. The van der Waals surface area contributed by atoms with E-state index in [2.05, 4.69) is 4.90 Å². The molecule has 4 nitrogen and oxygen atoms in total. The summed E-state index contributed by atoms with van der Waals surface area (Å²) < 4.78 is 26.4. The maximum atomic E-state index is 13.4. The molecule has 126 valence electrons. The first-order valence-electron chi connectivity index (χ1n) is 7.77. The van der Waals surface area contributed by atoms with Crippen LogP contribution in [0.25, 0.3) is 0 Å². The number of carboxylic acid groups (broad SMARTS) is 1. The third kappa shape index (κ3) is 3.54. The molecule has 0 spiro atoms. The summed E-state index contributed by atoms with van der Waals surface area (Å²) in [5, 5.41) is 9.56. The molecule has 1 N–H and O–H groups in total. The number of hydrogen-bond acceptors (Lipinski definition) is 3. The van der Waals surface area contributed by atoms with Gasteiger partial charge in [0.1, 0.15) is 17.7 Å². The Morgan fingerprint density at radius 2 is 1.62 bits per heavy atom. The number of benzene rings is 2. The fourth-order valence-corrected chi connectivity index (χ4v) is 3.08. The summed E-state index contributed by atoms with van der Waals surface area (Å²) in [5.74, 6) is -1.71. The molecule has 0 unspecified atom stereocenters. The van der Waals surface area contributed by atoms with Crippen molar-refractivity contribution in [3.8, 4) is 0 Å². The normalized spacial score (nSPS) is 16.8. The van der Waals surface area contributed by atoms with E-state index in [0.29, 0.717) is 31.7 Å². The Hall–Kier alpha value is -2.47. The molecule has 0 radical (unpaired) electrons. The summed E-state index contributed by atoms with van der Waals surface area (Å²) in [4.78, 5) is 15.6. The van der Waals surface area contributed by atoms with E-state index >= 15 is 0 Å². The lowest BCUT2D eigenvalue weighted by atomic mass is 10.0. The molecule has 0 bridgehead atoms. The van der Waals surface area contributed by atoms with Gasteiger partial charge in [0.15, 0.2) is 0 Å². The lowest BCUT2D eigenvalue weighted by molar-refractivity contribution is -0.143. The predicted octanol–water partition coefficient (Wildman–Crippen LogP) is 2.91. The molecule has 6 heteroatoms. The van der Waals surface area contributed by atoms with Gasteiger partial charge in [-0.2, -0.15) is 0 Å². The summed E-state index contributed by atoms with van der Waals surface area (Å²) in [7, 11) is 0. The second-order valence-corrected chi connectivity index (χ2v) is 5.80. The van der Waals surface area contributed by atoms with Gasteiger partial charge in [-0.1, -0.05) is 12.1 Å². The van der Waals surface area contributed by atoms with E-state index in [9.17, 15) is 18.7 Å². The summed E-state index contributed by atoms with van der Waals surface area (Å²) >= 11 is 0. The van der Waals surface area contributed by atoms with Crippen LogP contribution in [0.1, 0.15) is 11.6 Å². The fraction of sp³-hybridized carbons (Fsp3) is 0.278. The zero-order valence-electron chi connectivity index (χ0n) is 13.0. The van der Waals surface area contributed by atoms with Crippen molar-refractivity contribution in [3.63, 3.8) is 0 Å². The Bertz CT molecular complexity index is 713. The van der Waals surface area contributed by atoms with Crippen LogP contribution in [0.5, 0.6) is 0 Å². The van der Waals surface area contributed by atoms with Gasteiger partial charge >= 0.3 is 5.97 Å². The van der Waals surface area contributed by atoms with E-state index in [-0.39, 0.29) is 5.82 Å². The quantitative estimate of drug-likeness (QED) is 0.935. The third-order valence-electron chi connectivity index (χ3n) is 4.27. The maximum absolute atomic E-state index is 13.4. The number of carbonyl (C=O) groups is 1. The van der Waals surface area contributed by atoms with Crippen LogP contribution >= 0.6 is 0 Å². The Labute approximate surface area is 138 Å². The minimum absolute atomic E-state index is 0.283. The van der Waals surface area contributed by atoms with Crippen LogP contribution in [-0.2, 0) is 4.79 Å². The zero-order chi connectivity index (χ0) is 17.1. The molecule has 1 atom stereocenters. The SMILES string of the molecule is O=C(O)[C@H](c1cccc(F)c1)N1CCN(c2ccc(F)cc2)CC1. The molecule has 0 amide bonds. The predicted molar refractivity (Wildman–Crippen MR) is 87.0 cm³/mol. The van der Waals surface area contributed by atoms with E-state index in [1.165, 1.54) is 30.3 Å². The Morgan fingerprint density at radius 1 is 0.958 bits per heavy atom. The van der Waals surface area contributed by atoms with Gasteiger partial charge in [-0.05, 0) is 42.0 Å². The fourth-order valence-electron chi connectivity index (χ4n) is 3.08. The molecule has 0 aliphatic carbocycles. The van der Waals surface area contributed by atoms with Gasteiger partial charge < -0.3 is 10.0 Å². The molecule has 24 heavy (non-hydrogen) atoms. The second kappa shape index (κ2) is 6.97. The van der Waals surface area contributed by atoms with Crippen molar-refractivity contribution in [3.05, 3.63) is 65.7 Å². The van der Waals surface area contributed by atoms with Crippen LogP contribution in [0.3, 0.4) is 0 Å². The molecule has 2 aromatic rings. The number of carboxylic acids is 1. The smallest absolute Gasteiger partial charge is 0.325 e. The van der Waals surface area contributed by atoms with Crippen molar-refractivity contribution < 1.29 is 18.7 Å². The highest BCUT2D eigenvalue weighted by atomic mass is 19.1. The van der Waals surface area contributed by atoms with E-state index in [1.54, 1.807) is 18.2 Å². The van der Waals surface area contributed by atoms with Crippen LogP contribution in [0.4, 0.5) is 14.5 Å². The lowest BCUT2D eigenvalue weighted by Crippen LogP contribution is -2.49. The van der Waals surface area contributed by atoms with E-state index in [4.69, 9.17) is 0 Å². The Morgan fingerprint density at radius 3 is 2.21 bits per heavy atom. The van der Waals surface area contributed by atoms with Crippen LogP contribution in [0.15, 0.2) is 48.5 Å². The molecule has 0 saturated carbocycles. The van der Waals surface area contributed by atoms with Crippen LogP contribution in [-0.4, -0.2) is 42.2 Å². The zero-order valence-corrected chi connectivity index (χ0v) is 13.0. The largest absolute Gasteiger partial charge is 0.480 e. The molecule has 1 aliphatic heterocycles. The van der Waals surface area contributed by atoms with E-state index in [0.717, 1.165) is 5.69 Å². The number of rotatable bonds is 4. The van der Waals surface area contributed by atoms with Crippen molar-refractivity contribution >= 4 is 11.7 Å². The highest BCUT2D eigenvalue weighted by molar-refractivity contribution is 5.75. The van der Waals surface area contributed by atoms with Gasteiger partial charge in [0.05, 0.1) is 0 Å². The summed E-state index contributed by atoms with van der Waals surface area (Å²) in [6, 6.07) is 11.1. The van der Waals surface area contributed by atoms with Crippen LogP contribution in [0.2, 0.25) is 0 Å². The third-order valence-corrected chi connectivity index (χ3v) is 4.27. The molecule has 1 saturated heterocycles. The van der Waals surface area contributed by atoms with Gasteiger partial charge in [-0.25, -0.2) is 8.78 Å². The molecule has 0 aromatic heterocycles.